The lowest BCUT2D eigenvalue weighted by Crippen LogP contribution is -2.36. The van der Waals surface area contributed by atoms with Crippen LogP contribution in [0.25, 0.3) is 0 Å². The van der Waals surface area contributed by atoms with Gasteiger partial charge in [-0.25, -0.2) is 0 Å². The highest BCUT2D eigenvalue weighted by atomic mass is 19.4. The maximum Gasteiger partial charge on any atom is 0.401 e. The van der Waals surface area contributed by atoms with Crippen molar-refractivity contribution in [3.05, 3.63) is 23.8 Å². The van der Waals surface area contributed by atoms with Crippen LogP contribution in [0, 0.1) is 0 Å². The van der Waals surface area contributed by atoms with Crippen molar-refractivity contribution in [2.45, 2.75) is 12.2 Å². The summed E-state index contributed by atoms with van der Waals surface area (Å²) < 4.78 is 46.5. The maximum atomic E-state index is 12.2. The van der Waals surface area contributed by atoms with E-state index in [0.29, 0.717) is 5.75 Å². The molecule has 0 aliphatic heterocycles. The molecule has 1 unspecified atom stereocenters. The fourth-order valence-corrected chi connectivity index (χ4v) is 1.61. The van der Waals surface area contributed by atoms with Crippen LogP contribution in [-0.2, 0) is 4.79 Å². The Morgan fingerprint density at radius 2 is 2.00 bits per heavy atom. The van der Waals surface area contributed by atoms with Crippen LogP contribution in [0.3, 0.4) is 0 Å². The standard InChI is InChI=1S/C12H14F3NO4/c1-19-7-3-4-8(9(5-7)20-2)10(11(17)18)16-6-12(13,14)15/h3-5,10,16H,6H2,1-2H3,(H,17,18). The van der Waals surface area contributed by atoms with Gasteiger partial charge in [0.05, 0.1) is 20.8 Å². The Labute approximate surface area is 113 Å². The second-order valence-corrected chi connectivity index (χ2v) is 3.88. The number of benzene rings is 1. The van der Waals surface area contributed by atoms with Crippen LogP contribution < -0.4 is 14.8 Å². The van der Waals surface area contributed by atoms with Gasteiger partial charge in [0.2, 0.25) is 0 Å². The molecule has 0 aromatic heterocycles. The molecule has 0 heterocycles. The van der Waals surface area contributed by atoms with Crippen molar-refractivity contribution in [3.63, 3.8) is 0 Å². The SMILES string of the molecule is COc1ccc(C(NCC(F)(F)F)C(=O)O)c(OC)c1. The normalized spacial score (nSPS) is 12.8. The molecule has 8 heteroatoms. The average molecular weight is 293 g/mol. The predicted molar refractivity (Wildman–Crippen MR) is 64.0 cm³/mol. The summed E-state index contributed by atoms with van der Waals surface area (Å²) in [6.45, 7) is -1.42. The number of carbonyl (C=O) groups is 1. The Kier molecular flexibility index (Phi) is 5.20. The van der Waals surface area contributed by atoms with Crippen LogP contribution in [0.15, 0.2) is 18.2 Å². The zero-order valence-corrected chi connectivity index (χ0v) is 10.8. The zero-order chi connectivity index (χ0) is 15.3. The number of carboxylic acids is 1. The van der Waals surface area contributed by atoms with E-state index in [-0.39, 0.29) is 11.3 Å². The van der Waals surface area contributed by atoms with Crippen LogP contribution in [0.5, 0.6) is 11.5 Å². The minimum absolute atomic E-state index is 0.0880. The molecule has 5 nitrogen and oxygen atoms in total. The van der Waals surface area contributed by atoms with Gasteiger partial charge in [-0.1, -0.05) is 0 Å². The summed E-state index contributed by atoms with van der Waals surface area (Å²) in [7, 11) is 2.70. The first-order chi connectivity index (χ1) is 9.28. The fraction of sp³-hybridized carbons (Fsp3) is 0.417. The first kappa shape index (κ1) is 16.1. The van der Waals surface area contributed by atoms with Crippen LogP contribution in [0.4, 0.5) is 13.2 Å². The number of halogens is 3. The van der Waals surface area contributed by atoms with Gasteiger partial charge in [-0.2, -0.15) is 13.2 Å². The molecule has 0 fully saturated rings. The van der Waals surface area contributed by atoms with E-state index in [9.17, 15) is 18.0 Å². The monoisotopic (exact) mass is 293 g/mol. The highest BCUT2D eigenvalue weighted by Gasteiger charge is 2.31. The van der Waals surface area contributed by atoms with Gasteiger partial charge < -0.3 is 14.6 Å². The number of alkyl halides is 3. The summed E-state index contributed by atoms with van der Waals surface area (Å²) in [6.07, 6.45) is -4.51. The van der Waals surface area contributed by atoms with Gasteiger partial charge in [0.15, 0.2) is 0 Å². The number of hydrogen-bond donors (Lipinski definition) is 2. The third-order valence-corrected chi connectivity index (χ3v) is 2.51. The molecule has 1 aromatic carbocycles. The van der Waals surface area contributed by atoms with E-state index in [1.165, 1.54) is 32.4 Å². The molecule has 0 aliphatic carbocycles. The lowest BCUT2D eigenvalue weighted by atomic mass is 10.1. The maximum absolute atomic E-state index is 12.2. The van der Waals surface area contributed by atoms with Gasteiger partial charge in [-0.15, -0.1) is 0 Å². The number of ether oxygens (including phenoxy) is 2. The Bertz CT molecular complexity index is 476. The Hall–Kier alpha value is -1.96. The van der Waals surface area contributed by atoms with Crippen LogP contribution in [0.2, 0.25) is 0 Å². The second-order valence-electron chi connectivity index (χ2n) is 3.88. The van der Waals surface area contributed by atoms with Crippen LogP contribution in [-0.4, -0.2) is 38.0 Å². The number of carboxylic acid groups (broad SMARTS) is 1. The van der Waals surface area contributed by atoms with Crippen molar-refractivity contribution in [2.24, 2.45) is 0 Å². The molecule has 1 rings (SSSR count). The summed E-state index contributed by atoms with van der Waals surface area (Å²) in [6, 6.07) is 2.67. The van der Waals surface area contributed by atoms with Crippen molar-refractivity contribution < 1.29 is 32.5 Å². The van der Waals surface area contributed by atoms with E-state index >= 15 is 0 Å². The Morgan fingerprint density at radius 1 is 1.35 bits per heavy atom. The summed E-state index contributed by atoms with van der Waals surface area (Å²) >= 11 is 0. The molecule has 112 valence electrons. The molecule has 0 radical (unpaired) electrons. The highest BCUT2D eigenvalue weighted by molar-refractivity contribution is 5.77. The predicted octanol–water partition coefficient (Wildman–Crippen LogP) is 1.98. The van der Waals surface area contributed by atoms with E-state index in [0.717, 1.165) is 0 Å². The van der Waals surface area contributed by atoms with E-state index < -0.39 is 24.7 Å². The number of aliphatic carboxylic acids is 1. The smallest absolute Gasteiger partial charge is 0.401 e. The summed E-state index contributed by atoms with van der Waals surface area (Å²) in [5, 5.41) is 11.0. The average Bonchev–Trinajstić information content (AvgIpc) is 2.37. The highest BCUT2D eigenvalue weighted by Crippen LogP contribution is 2.30. The van der Waals surface area contributed by atoms with Crippen molar-refractivity contribution in [1.29, 1.82) is 0 Å². The second kappa shape index (κ2) is 6.47. The van der Waals surface area contributed by atoms with Gasteiger partial charge in [0.1, 0.15) is 17.5 Å². The first-order valence-electron chi connectivity index (χ1n) is 5.53. The van der Waals surface area contributed by atoms with Gasteiger partial charge >= 0.3 is 12.1 Å². The Morgan fingerprint density at radius 3 is 2.45 bits per heavy atom. The molecular formula is C12H14F3NO4. The number of rotatable bonds is 6. The van der Waals surface area contributed by atoms with Gasteiger partial charge in [-0.3, -0.25) is 10.1 Å². The Balaban J connectivity index is 3.05. The molecular weight excluding hydrogens is 279 g/mol. The summed E-state index contributed by atoms with van der Waals surface area (Å²) in [5.74, 6) is -0.894. The fourth-order valence-electron chi connectivity index (χ4n) is 1.61. The first-order valence-corrected chi connectivity index (χ1v) is 5.53. The van der Waals surface area contributed by atoms with E-state index in [2.05, 4.69) is 0 Å². The largest absolute Gasteiger partial charge is 0.497 e. The topological polar surface area (TPSA) is 67.8 Å². The molecule has 0 saturated carbocycles. The number of methoxy groups -OCH3 is 2. The summed E-state index contributed by atoms with van der Waals surface area (Å²) in [5.41, 5.74) is 0.0880. The van der Waals surface area contributed by atoms with Gasteiger partial charge in [0.25, 0.3) is 0 Å². The minimum atomic E-state index is -4.51. The lowest BCUT2D eigenvalue weighted by molar-refractivity contribution is -0.143. The molecule has 0 saturated heterocycles. The van der Waals surface area contributed by atoms with Gasteiger partial charge in [-0.05, 0) is 12.1 Å². The molecule has 0 spiro atoms. The van der Waals surface area contributed by atoms with Crippen molar-refractivity contribution in [2.75, 3.05) is 20.8 Å². The van der Waals surface area contributed by atoms with Crippen LogP contribution in [0.1, 0.15) is 11.6 Å². The van der Waals surface area contributed by atoms with Crippen LogP contribution >= 0.6 is 0 Å². The number of nitrogens with one attached hydrogen (secondary N) is 1. The summed E-state index contributed by atoms with van der Waals surface area (Å²) in [4.78, 5) is 11.1. The van der Waals surface area contributed by atoms with E-state index in [4.69, 9.17) is 14.6 Å². The molecule has 1 atom stereocenters. The molecule has 20 heavy (non-hydrogen) atoms. The third kappa shape index (κ3) is 4.30. The molecule has 0 amide bonds. The molecule has 2 N–H and O–H groups in total. The van der Waals surface area contributed by atoms with Crippen molar-refractivity contribution in [1.82, 2.24) is 5.32 Å². The van der Waals surface area contributed by atoms with E-state index in [1.807, 2.05) is 5.32 Å². The lowest BCUT2D eigenvalue weighted by Gasteiger charge is -2.19. The van der Waals surface area contributed by atoms with Gasteiger partial charge in [0, 0.05) is 11.6 Å². The van der Waals surface area contributed by atoms with Crippen molar-refractivity contribution in [3.8, 4) is 11.5 Å². The van der Waals surface area contributed by atoms with E-state index in [1.54, 1.807) is 0 Å². The van der Waals surface area contributed by atoms with Crippen molar-refractivity contribution >= 4 is 5.97 Å². The third-order valence-electron chi connectivity index (χ3n) is 2.51. The molecule has 0 bridgehead atoms. The molecule has 0 aliphatic rings. The zero-order valence-electron chi connectivity index (χ0n) is 10.8. The number of hydrogen-bond acceptors (Lipinski definition) is 4. The quantitative estimate of drug-likeness (QED) is 0.839. The minimum Gasteiger partial charge on any atom is -0.497 e. The molecule has 1 aromatic rings.